The second kappa shape index (κ2) is 3.67. The van der Waals surface area contributed by atoms with Gasteiger partial charge in [-0.25, -0.2) is 0 Å². The van der Waals surface area contributed by atoms with Crippen molar-refractivity contribution in [1.82, 2.24) is 9.55 Å². The monoisotopic (exact) mass is 225 g/mol. The Hall–Kier alpha value is -1.76. The third kappa shape index (κ3) is 1.40. The van der Waals surface area contributed by atoms with Crippen LogP contribution in [0.2, 0.25) is 0 Å². The molecule has 0 bridgehead atoms. The predicted molar refractivity (Wildman–Crippen MR) is 61.3 cm³/mol. The summed E-state index contributed by atoms with van der Waals surface area (Å²) in [5.74, 6) is 0.716. The van der Waals surface area contributed by atoms with Gasteiger partial charge in [0.2, 0.25) is 5.95 Å². The van der Waals surface area contributed by atoms with Crippen LogP contribution in [0, 0.1) is 0 Å². The van der Waals surface area contributed by atoms with Gasteiger partial charge in [0.15, 0.2) is 6.23 Å². The van der Waals surface area contributed by atoms with Crippen molar-refractivity contribution >= 4 is 17.5 Å². The van der Waals surface area contributed by atoms with Crippen LogP contribution in [-0.4, -0.2) is 29.8 Å². The highest BCUT2D eigenvalue weighted by Crippen LogP contribution is 2.33. The number of ether oxygens (including phenoxy) is 1. The number of hydrogen-bond donors (Lipinski definition) is 2. The molecule has 1 aromatic rings. The van der Waals surface area contributed by atoms with E-state index in [2.05, 4.69) is 4.98 Å². The average molecular weight is 225 g/mol. The second-order valence-electron chi connectivity index (χ2n) is 3.67. The first-order valence-corrected chi connectivity index (χ1v) is 5.06. The Balaban J connectivity index is 2.60. The summed E-state index contributed by atoms with van der Waals surface area (Å²) in [6, 6.07) is 0. The molecule has 0 unspecified atom stereocenters. The van der Waals surface area contributed by atoms with E-state index in [-0.39, 0.29) is 17.9 Å². The molecule has 0 saturated carbocycles. The molecule has 0 spiro atoms. The summed E-state index contributed by atoms with van der Waals surface area (Å²) in [4.78, 5) is 16.9. The van der Waals surface area contributed by atoms with Crippen molar-refractivity contribution in [2.75, 3.05) is 36.6 Å². The Bertz CT molecular complexity index is 470. The van der Waals surface area contributed by atoms with Crippen LogP contribution in [0.15, 0.2) is 4.79 Å². The van der Waals surface area contributed by atoms with Crippen LogP contribution in [0.25, 0.3) is 0 Å². The molecule has 2 rings (SSSR count). The van der Waals surface area contributed by atoms with Gasteiger partial charge in [-0.3, -0.25) is 9.36 Å². The van der Waals surface area contributed by atoms with E-state index in [9.17, 15) is 4.79 Å². The Kier molecular flexibility index (Phi) is 2.47. The number of anilines is 3. The molecule has 7 heteroatoms. The number of likely N-dealkylation sites (N-methyl/N-ethyl adjacent to an activating group) is 1. The van der Waals surface area contributed by atoms with Gasteiger partial charge in [0.1, 0.15) is 11.5 Å². The van der Waals surface area contributed by atoms with Gasteiger partial charge in [-0.1, -0.05) is 0 Å². The fourth-order valence-electron chi connectivity index (χ4n) is 1.95. The maximum Gasteiger partial charge on any atom is 0.299 e. The lowest BCUT2D eigenvalue weighted by Crippen LogP contribution is -2.23. The minimum atomic E-state index is -0.493. The van der Waals surface area contributed by atoms with Crippen LogP contribution in [0.3, 0.4) is 0 Å². The Morgan fingerprint density at radius 3 is 2.88 bits per heavy atom. The lowest BCUT2D eigenvalue weighted by molar-refractivity contribution is 0.0288. The van der Waals surface area contributed by atoms with Gasteiger partial charge in [0, 0.05) is 13.7 Å². The van der Waals surface area contributed by atoms with E-state index in [0.29, 0.717) is 19.0 Å². The predicted octanol–water partition coefficient (Wildman–Crippen LogP) is -0.607. The Morgan fingerprint density at radius 2 is 2.25 bits per heavy atom. The maximum atomic E-state index is 11.4. The summed E-state index contributed by atoms with van der Waals surface area (Å²) in [7, 11) is 1.83. The molecule has 1 aliphatic rings. The van der Waals surface area contributed by atoms with Crippen LogP contribution >= 0.6 is 0 Å². The zero-order chi connectivity index (χ0) is 11.9. The van der Waals surface area contributed by atoms with E-state index in [1.54, 1.807) is 4.57 Å². The second-order valence-corrected chi connectivity index (χ2v) is 3.67. The summed E-state index contributed by atoms with van der Waals surface area (Å²) in [6.45, 7) is 3.06. The van der Waals surface area contributed by atoms with Crippen molar-refractivity contribution < 1.29 is 4.74 Å². The highest BCUT2D eigenvalue weighted by atomic mass is 16.5. The van der Waals surface area contributed by atoms with Gasteiger partial charge in [-0.05, 0) is 6.92 Å². The van der Waals surface area contributed by atoms with Crippen LogP contribution in [0.5, 0.6) is 0 Å². The first-order chi connectivity index (χ1) is 7.56. The van der Waals surface area contributed by atoms with Crippen molar-refractivity contribution in [3.05, 3.63) is 10.4 Å². The number of hydrogen-bond acceptors (Lipinski definition) is 6. The molecule has 0 aromatic carbocycles. The third-order valence-electron chi connectivity index (χ3n) is 2.60. The molecular formula is C9H15N5O2. The maximum absolute atomic E-state index is 11.4. The van der Waals surface area contributed by atoms with Crippen molar-refractivity contribution in [2.45, 2.75) is 13.2 Å². The number of nitrogens with zero attached hydrogens (tertiary/aromatic N) is 3. The smallest absolute Gasteiger partial charge is 0.299 e. The number of fused-ring (bicyclic) bond motifs is 1. The quantitative estimate of drug-likeness (QED) is 0.696. The summed E-state index contributed by atoms with van der Waals surface area (Å²) in [6.07, 6.45) is -0.236. The van der Waals surface area contributed by atoms with Gasteiger partial charge in [-0.2, -0.15) is 4.98 Å². The van der Waals surface area contributed by atoms with E-state index in [1.807, 2.05) is 18.9 Å². The van der Waals surface area contributed by atoms with Gasteiger partial charge >= 0.3 is 0 Å². The summed E-state index contributed by atoms with van der Waals surface area (Å²) >= 11 is 0. The highest BCUT2D eigenvalue weighted by molar-refractivity contribution is 5.65. The normalized spacial score (nSPS) is 18.9. The van der Waals surface area contributed by atoms with Crippen LogP contribution in [0.1, 0.15) is 13.2 Å². The highest BCUT2D eigenvalue weighted by Gasteiger charge is 2.30. The fourth-order valence-corrected chi connectivity index (χ4v) is 1.95. The zero-order valence-electron chi connectivity index (χ0n) is 9.30. The lowest BCUT2D eigenvalue weighted by Gasteiger charge is -2.15. The topological polar surface area (TPSA) is 99.4 Å². The first-order valence-electron chi connectivity index (χ1n) is 5.06. The molecule has 0 amide bonds. The SMILES string of the molecule is CCO[C@@H]1CN(C)c2c(N)c(=O)nc(N)n21. The van der Waals surface area contributed by atoms with Gasteiger partial charge in [0.25, 0.3) is 5.56 Å². The van der Waals surface area contributed by atoms with Gasteiger partial charge in [0.05, 0.1) is 6.54 Å². The van der Waals surface area contributed by atoms with E-state index >= 15 is 0 Å². The van der Waals surface area contributed by atoms with E-state index in [0.717, 1.165) is 0 Å². The van der Waals surface area contributed by atoms with Crippen molar-refractivity contribution in [3.63, 3.8) is 0 Å². The number of aromatic nitrogens is 2. The Morgan fingerprint density at radius 1 is 1.56 bits per heavy atom. The largest absolute Gasteiger partial charge is 0.391 e. The van der Waals surface area contributed by atoms with Crippen molar-refractivity contribution in [3.8, 4) is 0 Å². The molecule has 1 aliphatic heterocycles. The average Bonchev–Trinajstić information content (AvgIpc) is 2.53. The van der Waals surface area contributed by atoms with E-state index in [4.69, 9.17) is 16.2 Å². The molecule has 7 nitrogen and oxygen atoms in total. The molecule has 1 aromatic heterocycles. The molecule has 1 atom stereocenters. The lowest BCUT2D eigenvalue weighted by atomic mass is 10.4. The van der Waals surface area contributed by atoms with Crippen molar-refractivity contribution in [1.29, 1.82) is 0 Å². The first kappa shape index (κ1) is 10.7. The minimum Gasteiger partial charge on any atom is -0.391 e. The molecule has 0 saturated heterocycles. The summed E-state index contributed by atoms with van der Waals surface area (Å²) < 4.78 is 7.17. The van der Waals surface area contributed by atoms with Crippen LogP contribution in [0.4, 0.5) is 17.5 Å². The molecule has 0 aliphatic carbocycles. The molecule has 4 N–H and O–H groups in total. The van der Waals surface area contributed by atoms with Gasteiger partial charge in [-0.15, -0.1) is 0 Å². The fraction of sp³-hybridized carbons (Fsp3) is 0.556. The molecule has 16 heavy (non-hydrogen) atoms. The third-order valence-corrected chi connectivity index (χ3v) is 2.60. The molecular weight excluding hydrogens is 210 g/mol. The van der Waals surface area contributed by atoms with E-state index < -0.39 is 5.56 Å². The standard InChI is InChI=1S/C9H15N5O2/c1-3-16-5-4-13(2)8-6(10)7(15)12-9(11)14(5)8/h5H,3-4,10H2,1-2H3,(H2,11,12,15)/t5-/m1/s1. The van der Waals surface area contributed by atoms with Crippen LogP contribution < -0.4 is 21.9 Å². The van der Waals surface area contributed by atoms with Crippen LogP contribution in [-0.2, 0) is 4.74 Å². The number of rotatable bonds is 2. The molecule has 2 heterocycles. The molecule has 0 fully saturated rings. The van der Waals surface area contributed by atoms with E-state index in [1.165, 1.54) is 0 Å². The zero-order valence-corrected chi connectivity index (χ0v) is 9.30. The minimum absolute atomic E-state index is 0.110. The summed E-state index contributed by atoms with van der Waals surface area (Å²) in [5, 5.41) is 0. The summed E-state index contributed by atoms with van der Waals surface area (Å²) in [5.41, 5.74) is 11.0. The molecule has 88 valence electrons. The Labute approximate surface area is 92.6 Å². The number of nitrogen functional groups attached to an aromatic ring is 2. The number of nitrogens with two attached hydrogens (primary N) is 2. The molecule has 0 radical (unpaired) electrons. The van der Waals surface area contributed by atoms with Crippen molar-refractivity contribution in [2.24, 2.45) is 0 Å². The van der Waals surface area contributed by atoms with Gasteiger partial charge < -0.3 is 21.1 Å².